The molecule has 0 saturated carbocycles. The van der Waals surface area contributed by atoms with E-state index in [0.29, 0.717) is 5.57 Å². The first-order chi connectivity index (χ1) is 8.65. The average Bonchev–Trinajstić information content (AvgIpc) is 2.39. The van der Waals surface area contributed by atoms with Crippen LogP contribution in [0.5, 0.6) is 0 Å². The van der Waals surface area contributed by atoms with E-state index in [9.17, 15) is 4.79 Å². The highest BCUT2D eigenvalue weighted by Gasteiger charge is 2.06. The molecule has 0 heterocycles. The molecule has 0 spiro atoms. The number of benzene rings is 1. The van der Waals surface area contributed by atoms with Gasteiger partial charge in [-0.15, -0.1) is 0 Å². The van der Waals surface area contributed by atoms with Crippen LogP contribution in [-0.4, -0.2) is 11.1 Å². The van der Waals surface area contributed by atoms with Crippen LogP contribution in [0, 0.1) is 0 Å². The summed E-state index contributed by atoms with van der Waals surface area (Å²) in [6, 6.07) is 9.92. The summed E-state index contributed by atoms with van der Waals surface area (Å²) in [7, 11) is 0. The minimum atomic E-state index is -0.834. The Morgan fingerprint density at radius 2 is 1.94 bits per heavy atom. The molecule has 0 aliphatic heterocycles. The molecule has 0 atom stereocenters. The number of carboxylic acid groups (broad SMARTS) is 1. The van der Waals surface area contributed by atoms with Gasteiger partial charge in [0.2, 0.25) is 0 Å². The maximum atomic E-state index is 11.0. The first-order valence-electron chi connectivity index (χ1n) is 6.31. The van der Waals surface area contributed by atoms with Gasteiger partial charge in [-0.05, 0) is 30.9 Å². The molecule has 1 N–H and O–H groups in total. The fourth-order valence-electron chi connectivity index (χ4n) is 1.66. The standard InChI is InChI=1S/C16H20O2/c1-3-4-10-15(13(2)16(17)18)12-11-14-8-6-5-7-9-14/h5-9,11-12H,3-4,10H2,1-2H3,(H,17,18)/b12-11+,15-13-. The second-order valence-electron chi connectivity index (χ2n) is 4.30. The quantitative estimate of drug-likeness (QED) is 0.598. The summed E-state index contributed by atoms with van der Waals surface area (Å²) in [5.41, 5.74) is 2.44. The Hall–Kier alpha value is -1.83. The highest BCUT2D eigenvalue weighted by Crippen LogP contribution is 2.16. The van der Waals surface area contributed by atoms with Gasteiger partial charge in [0, 0.05) is 5.57 Å². The molecule has 2 heteroatoms. The molecule has 1 rings (SSSR count). The number of hydrogen-bond donors (Lipinski definition) is 1. The summed E-state index contributed by atoms with van der Waals surface area (Å²) in [6.45, 7) is 3.78. The Bertz CT molecular complexity index is 441. The number of rotatable bonds is 6. The Balaban J connectivity index is 2.89. The average molecular weight is 244 g/mol. The normalized spacial score (nSPS) is 12.6. The van der Waals surface area contributed by atoms with E-state index in [0.717, 1.165) is 30.4 Å². The predicted octanol–water partition coefficient (Wildman–Crippen LogP) is 4.29. The van der Waals surface area contributed by atoms with E-state index in [-0.39, 0.29) is 0 Å². The van der Waals surface area contributed by atoms with Crippen molar-refractivity contribution in [2.24, 2.45) is 0 Å². The predicted molar refractivity (Wildman–Crippen MR) is 75.3 cm³/mol. The molecule has 0 radical (unpaired) electrons. The van der Waals surface area contributed by atoms with Gasteiger partial charge in [-0.25, -0.2) is 4.79 Å². The lowest BCUT2D eigenvalue weighted by Crippen LogP contribution is -2.00. The highest BCUT2D eigenvalue weighted by molar-refractivity contribution is 5.87. The van der Waals surface area contributed by atoms with Gasteiger partial charge in [-0.2, -0.15) is 0 Å². The third kappa shape index (κ3) is 4.58. The smallest absolute Gasteiger partial charge is 0.331 e. The minimum Gasteiger partial charge on any atom is -0.478 e. The van der Waals surface area contributed by atoms with E-state index in [1.165, 1.54) is 0 Å². The van der Waals surface area contributed by atoms with Crippen LogP contribution < -0.4 is 0 Å². The third-order valence-corrected chi connectivity index (χ3v) is 2.88. The van der Waals surface area contributed by atoms with Crippen molar-refractivity contribution in [2.45, 2.75) is 33.1 Å². The maximum Gasteiger partial charge on any atom is 0.331 e. The lowest BCUT2D eigenvalue weighted by molar-refractivity contribution is -0.132. The molecule has 0 aromatic heterocycles. The first kappa shape index (κ1) is 14.2. The van der Waals surface area contributed by atoms with Gasteiger partial charge in [0.1, 0.15) is 0 Å². The van der Waals surface area contributed by atoms with E-state index in [2.05, 4.69) is 6.92 Å². The molecule has 0 saturated heterocycles. The topological polar surface area (TPSA) is 37.3 Å². The zero-order valence-electron chi connectivity index (χ0n) is 11.0. The van der Waals surface area contributed by atoms with Crippen molar-refractivity contribution in [1.82, 2.24) is 0 Å². The third-order valence-electron chi connectivity index (χ3n) is 2.88. The van der Waals surface area contributed by atoms with Gasteiger partial charge in [0.05, 0.1) is 0 Å². The number of carbonyl (C=O) groups is 1. The van der Waals surface area contributed by atoms with Crippen LogP contribution >= 0.6 is 0 Å². The molecular formula is C16H20O2. The minimum absolute atomic E-state index is 0.440. The SMILES string of the molecule is CCCCC(/C=C/c1ccccc1)=C(\C)C(=O)O. The van der Waals surface area contributed by atoms with Crippen LogP contribution in [0.3, 0.4) is 0 Å². The van der Waals surface area contributed by atoms with Crippen LogP contribution in [0.2, 0.25) is 0 Å². The van der Waals surface area contributed by atoms with E-state index in [1.54, 1.807) is 6.92 Å². The van der Waals surface area contributed by atoms with Crippen LogP contribution in [0.15, 0.2) is 47.6 Å². The Kier molecular flexibility index (Phi) is 5.92. The zero-order valence-corrected chi connectivity index (χ0v) is 11.0. The van der Waals surface area contributed by atoms with E-state index < -0.39 is 5.97 Å². The van der Waals surface area contributed by atoms with Gasteiger partial charge in [0.15, 0.2) is 0 Å². The monoisotopic (exact) mass is 244 g/mol. The molecule has 0 aliphatic carbocycles. The Morgan fingerprint density at radius 3 is 2.50 bits per heavy atom. The van der Waals surface area contributed by atoms with Crippen molar-refractivity contribution in [3.8, 4) is 0 Å². The van der Waals surface area contributed by atoms with Gasteiger partial charge in [-0.1, -0.05) is 55.8 Å². The van der Waals surface area contributed by atoms with Crippen molar-refractivity contribution >= 4 is 12.0 Å². The molecule has 0 bridgehead atoms. The fourth-order valence-corrected chi connectivity index (χ4v) is 1.66. The van der Waals surface area contributed by atoms with Gasteiger partial charge >= 0.3 is 5.97 Å². The molecule has 0 unspecified atom stereocenters. The Morgan fingerprint density at radius 1 is 1.28 bits per heavy atom. The summed E-state index contributed by atoms with van der Waals surface area (Å²) in [5.74, 6) is -0.834. The number of aliphatic carboxylic acids is 1. The molecular weight excluding hydrogens is 224 g/mol. The molecule has 2 nitrogen and oxygen atoms in total. The number of unbranched alkanes of at least 4 members (excludes halogenated alkanes) is 1. The Labute approximate surface area is 109 Å². The van der Waals surface area contributed by atoms with Crippen LogP contribution in [0.25, 0.3) is 6.08 Å². The van der Waals surface area contributed by atoms with Gasteiger partial charge in [0.25, 0.3) is 0 Å². The number of carboxylic acids is 1. The first-order valence-corrected chi connectivity index (χ1v) is 6.31. The number of hydrogen-bond acceptors (Lipinski definition) is 1. The molecule has 1 aromatic rings. The molecule has 0 fully saturated rings. The lowest BCUT2D eigenvalue weighted by Gasteiger charge is -2.04. The van der Waals surface area contributed by atoms with E-state index >= 15 is 0 Å². The van der Waals surface area contributed by atoms with E-state index in [1.807, 2.05) is 42.5 Å². The highest BCUT2D eigenvalue weighted by atomic mass is 16.4. The maximum absolute atomic E-state index is 11.0. The van der Waals surface area contributed by atoms with Crippen molar-refractivity contribution in [2.75, 3.05) is 0 Å². The number of allylic oxidation sites excluding steroid dienone is 2. The summed E-state index contributed by atoms with van der Waals surface area (Å²) < 4.78 is 0. The van der Waals surface area contributed by atoms with Crippen molar-refractivity contribution < 1.29 is 9.90 Å². The molecule has 0 aliphatic rings. The van der Waals surface area contributed by atoms with Crippen LogP contribution in [0.1, 0.15) is 38.7 Å². The summed E-state index contributed by atoms with van der Waals surface area (Å²) in [6.07, 6.45) is 6.79. The molecule has 1 aromatic carbocycles. The molecule has 0 amide bonds. The summed E-state index contributed by atoms with van der Waals surface area (Å²) in [5, 5.41) is 9.06. The van der Waals surface area contributed by atoms with Crippen molar-refractivity contribution in [3.05, 3.63) is 53.1 Å². The zero-order chi connectivity index (χ0) is 13.4. The van der Waals surface area contributed by atoms with Crippen LogP contribution in [0.4, 0.5) is 0 Å². The fraction of sp³-hybridized carbons (Fsp3) is 0.312. The molecule has 18 heavy (non-hydrogen) atoms. The van der Waals surface area contributed by atoms with E-state index in [4.69, 9.17) is 5.11 Å². The largest absolute Gasteiger partial charge is 0.478 e. The summed E-state index contributed by atoms with van der Waals surface area (Å²) in [4.78, 5) is 11.0. The summed E-state index contributed by atoms with van der Waals surface area (Å²) >= 11 is 0. The van der Waals surface area contributed by atoms with Crippen molar-refractivity contribution in [1.29, 1.82) is 0 Å². The van der Waals surface area contributed by atoms with Gasteiger partial charge in [-0.3, -0.25) is 0 Å². The second kappa shape index (κ2) is 7.49. The second-order valence-corrected chi connectivity index (χ2v) is 4.30. The van der Waals surface area contributed by atoms with Crippen molar-refractivity contribution in [3.63, 3.8) is 0 Å². The van der Waals surface area contributed by atoms with Crippen LogP contribution in [-0.2, 0) is 4.79 Å². The van der Waals surface area contributed by atoms with Gasteiger partial charge < -0.3 is 5.11 Å². The lowest BCUT2D eigenvalue weighted by atomic mass is 10.0. The molecule has 96 valence electrons.